The Hall–Kier alpha value is -1.37. The largest absolute Gasteiger partial charge is 0.355 e. The Kier molecular flexibility index (Phi) is 6.83. The second-order valence-electron chi connectivity index (χ2n) is 5.94. The van der Waals surface area contributed by atoms with Gasteiger partial charge in [-0.05, 0) is 62.8 Å². The van der Waals surface area contributed by atoms with Gasteiger partial charge < -0.3 is 5.32 Å². The maximum atomic E-state index is 12.2. The Labute approximate surface area is 148 Å². The number of halogens is 1. The molecule has 0 bridgehead atoms. The van der Waals surface area contributed by atoms with E-state index in [0.29, 0.717) is 17.1 Å². The number of rotatable bonds is 7. The van der Waals surface area contributed by atoms with Crippen molar-refractivity contribution < 1.29 is 13.2 Å². The summed E-state index contributed by atoms with van der Waals surface area (Å²) in [6, 6.07) is 4.44. The van der Waals surface area contributed by atoms with Gasteiger partial charge in [0.1, 0.15) is 0 Å². The molecule has 0 fully saturated rings. The number of hydrogen-bond acceptors (Lipinski definition) is 3. The fourth-order valence-corrected chi connectivity index (χ4v) is 3.77. The number of carbonyl (C=O) groups excluding carboxylic acids is 1. The molecule has 0 saturated carbocycles. The summed E-state index contributed by atoms with van der Waals surface area (Å²) >= 11 is 5.90. The molecular formula is C17H23ClN2O3S. The number of nitrogens with one attached hydrogen (secondary N) is 2. The summed E-state index contributed by atoms with van der Waals surface area (Å²) in [5, 5.41) is 3.25. The molecule has 0 aromatic heterocycles. The molecule has 0 radical (unpaired) electrons. The molecule has 7 heteroatoms. The highest BCUT2D eigenvalue weighted by Crippen LogP contribution is 2.20. The first-order chi connectivity index (χ1) is 11.4. The van der Waals surface area contributed by atoms with Crippen molar-refractivity contribution in [3.8, 4) is 0 Å². The highest BCUT2D eigenvalue weighted by atomic mass is 35.5. The summed E-state index contributed by atoms with van der Waals surface area (Å²) in [6.45, 7) is 1.99. The van der Waals surface area contributed by atoms with Crippen LogP contribution < -0.4 is 10.0 Å². The van der Waals surface area contributed by atoms with Crippen molar-refractivity contribution in [1.29, 1.82) is 0 Å². The Morgan fingerprint density at radius 1 is 1.29 bits per heavy atom. The Morgan fingerprint density at radius 3 is 2.75 bits per heavy atom. The Balaban J connectivity index is 1.79. The van der Waals surface area contributed by atoms with Gasteiger partial charge in [0, 0.05) is 11.6 Å². The van der Waals surface area contributed by atoms with E-state index >= 15 is 0 Å². The second kappa shape index (κ2) is 8.65. The summed E-state index contributed by atoms with van der Waals surface area (Å²) < 4.78 is 26.7. The van der Waals surface area contributed by atoms with E-state index < -0.39 is 10.0 Å². The van der Waals surface area contributed by atoms with Crippen LogP contribution in [0.4, 0.5) is 0 Å². The standard InChI is InChI=1S/C17H23ClN2O3S/c1-13-11-15(7-8-16(13)18)24(22,23)20-12-17(21)19-10-9-14-5-3-2-4-6-14/h5,7-8,11,20H,2-4,6,9-10,12H2,1H3,(H,19,21). The van der Waals surface area contributed by atoms with Crippen LogP contribution in [0.2, 0.25) is 5.02 Å². The van der Waals surface area contributed by atoms with E-state index in [4.69, 9.17) is 11.6 Å². The number of hydrogen-bond donors (Lipinski definition) is 2. The van der Waals surface area contributed by atoms with E-state index in [1.54, 1.807) is 6.92 Å². The number of aryl methyl sites for hydroxylation is 1. The van der Waals surface area contributed by atoms with Crippen LogP contribution in [0.25, 0.3) is 0 Å². The van der Waals surface area contributed by atoms with Crippen LogP contribution in [0, 0.1) is 6.92 Å². The molecule has 0 atom stereocenters. The molecule has 0 unspecified atom stereocenters. The van der Waals surface area contributed by atoms with Crippen molar-refractivity contribution in [2.45, 2.75) is 43.9 Å². The molecule has 0 spiro atoms. The zero-order valence-electron chi connectivity index (χ0n) is 13.8. The lowest BCUT2D eigenvalue weighted by Gasteiger charge is -2.13. The van der Waals surface area contributed by atoms with Gasteiger partial charge in [-0.3, -0.25) is 4.79 Å². The minimum atomic E-state index is -3.72. The first-order valence-electron chi connectivity index (χ1n) is 8.09. The highest BCUT2D eigenvalue weighted by molar-refractivity contribution is 7.89. The SMILES string of the molecule is Cc1cc(S(=O)(=O)NCC(=O)NCCC2=CCCCC2)ccc1Cl. The Morgan fingerprint density at radius 2 is 2.08 bits per heavy atom. The molecule has 1 amide bonds. The molecule has 132 valence electrons. The van der Waals surface area contributed by atoms with Crippen molar-refractivity contribution in [3.05, 3.63) is 40.4 Å². The highest BCUT2D eigenvalue weighted by Gasteiger charge is 2.16. The molecule has 24 heavy (non-hydrogen) atoms. The summed E-state index contributed by atoms with van der Waals surface area (Å²) in [4.78, 5) is 11.9. The van der Waals surface area contributed by atoms with Crippen LogP contribution in [0.3, 0.4) is 0 Å². The van der Waals surface area contributed by atoms with Gasteiger partial charge in [-0.25, -0.2) is 13.1 Å². The molecule has 0 aliphatic heterocycles. The van der Waals surface area contributed by atoms with Crippen molar-refractivity contribution >= 4 is 27.5 Å². The first-order valence-corrected chi connectivity index (χ1v) is 9.95. The van der Waals surface area contributed by atoms with Gasteiger partial charge in [0.2, 0.25) is 15.9 Å². The quantitative estimate of drug-likeness (QED) is 0.724. The van der Waals surface area contributed by atoms with Gasteiger partial charge in [-0.15, -0.1) is 0 Å². The molecule has 2 N–H and O–H groups in total. The molecule has 0 heterocycles. The maximum absolute atomic E-state index is 12.2. The van der Waals surface area contributed by atoms with Gasteiger partial charge in [0.25, 0.3) is 0 Å². The smallest absolute Gasteiger partial charge is 0.241 e. The molecule has 1 aliphatic rings. The average molecular weight is 371 g/mol. The van der Waals surface area contributed by atoms with Crippen LogP contribution in [-0.4, -0.2) is 27.4 Å². The monoisotopic (exact) mass is 370 g/mol. The third kappa shape index (κ3) is 5.61. The molecular weight excluding hydrogens is 348 g/mol. The van der Waals surface area contributed by atoms with Gasteiger partial charge >= 0.3 is 0 Å². The molecule has 0 saturated heterocycles. The predicted molar refractivity (Wildman–Crippen MR) is 95.6 cm³/mol. The van der Waals surface area contributed by atoms with Crippen LogP contribution >= 0.6 is 11.6 Å². The lowest BCUT2D eigenvalue weighted by molar-refractivity contribution is -0.119. The summed E-state index contributed by atoms with van der Waals surface area (Å²) in [5.41, 5.74) is 2.04. The van der Waals surface area contributed by atoms with Crippen LogP contribution in [0.15, 0.2) is 34.7 Å². The van der Waals surface area contributed by atoms with Crippen LogP contribution in [0.5, 0.6) is 0 Å². The average Bonchev–Trinajstić information content (AvgIpc) is 2.56. The van der Waals surface area contributed by atoms with Crippen LogP contribution in [0.1, 0.15) is 37.7 Å². The zero-order valence-corrected chi connectivity index (χ0v) is 15.3. The lowest BCUT2D eigenvalue weighted by Crippen LogP contribution is -2.37. The normalized spacial score (nSPS) is 15.0. The number of carbonyl (C=O) groups is 1. The van der Waals surface area contributed by atoms with Gasteiger partial charge in [-0.1, -0.05) is 23.3 Å². The molecule has 2 rings (SSSR count). The topological polar surface area (TPSA) is 75.3 Å². The molecule has 5 nitrogen and oxygen atoms in total. The van der Waals surface area contributed by atoms with Crippen molar-refractivity contribution in [2.75, 3.05) is 13.1 Å². The third-order valence-corrected chi connectivity index (χ3v) is 5.84. The minimum Gasteiger partial charge on any atom is -0.355 e. The third-order valence-electron chi connectivity index (χ3n) is 4.02. The van der Waals surface area contributed by atoms with E-state index in [0.717, 1.165) is 19.3 Å². The van der Waals surface area contributed by atoms with E-state index in [1.165, 1.54) is 36.6 Å². The van der Waals surface area contributed by atoms with Gasteiger partial charge in [0.05, 0.1) is 11.4 Å². The zero-order chi connectivity index (χ0) is 17.6. The van der Waals surface area contributed by atoms with Gasteiger partial charge in [0.15, 0.2) is 0 Å². The molecule has 1 aromatic rings. The lowest BCUT2D eigenvalue weighted by atomic mass is 9.97. The van der Waals surface area contributed by atoms with Crippen molar-refractivity contribution in [1.82, 2.24) is 10.0 Å². The maximum Gasteiger partial charge on any atom is 0.241 e. The first kappa shape index (κ1) is 19.0. The summed E-state index contributed by atoms with van der Waals surface area (Å²) in [6.07, 6.45) is 7.72. The second-order valence-corrected chi connectivity index (χ2v) is 8.12. The number of allylic oxidation sites excluding steroid dienone is 1. The van der Waals surface area contributed by atoms with Gasteiger partial charge in [-0.2, -0.15) is 0 Å². The number of benzene rings is 1. The van der Waals surface area contributed by atoms with E-state index in [-0.39, 0.29) is 17.3 Å². The number of amides is 1. The number of sulfonamides is 1. The molecule has 1 aromatic carbocycles. The Bertz CT molecular complexity index is 729. The minimum absolute atomic E-state index is 0.101. The summed E-state index contributed by atoms with van der Waals surface area (Å²) in [7, 11) is -3.72. The van der Waals surface area contributed by atoms with Crippen molar-refractivity contribution in [3.63, 3.8) is 0 Å². The van der Waals surface area contributed by atoms with Crippen molar-refractivity contribution in [2.24, 2.45) is 0 Å². The fraction of sp³-hybridized carbons (Fsp3) is 0.471. The fourth-order valence-electron chi connectivity index (χ4n) is 2.58. The van der Waals surface area contributed by atoms with E-state index in [1.807, 2.05) is 0 Å². The van der Waals surface area contributed by atoms with E-state index in [9.17, 15) is 13.2 Å². The van der Waals surface area contributed by atoms with E-state index in [2.05, 4.69) is 16.1 Å². The summed E-state index contributed by atoms with van der Waals surface area (Å²) in [5.74, 6) is -0.333. The molecule has 1 aliphatic carbocycles. The predicted octanol–water partition coefficient (Wildman–Crippen LogP) is 2.93. The van der Waals surface area contributed by atoms with Crippen LogP contribution in [-0.2, 0) is 14.8 Å².